The number of halogens is 1. The predicted molar refractivity (Wildman–Crippen MR) is 84.2 cm³/mol. The van der Waals surface area contributed by atoms with Gasteiger partial charge in [0, 0.05) is 12.1 Å². The van der Waals surface area contributed by atoms with E-state index in [9.17, 15) is 4.79 Å². The summed E-state index contributed by atoms with van der Waals surface area (Å²) in [6.45, 7) is 0. The zero-order chi connectivity index (χ0) is 14.8. The van der Waals surface area contributed by atoms with Gasteiger partial charge in [-0.3, -0.25) is 10.1 Å². The lowest BCUT2D eigenvalue weighted by atomic mass is 10.3. The van der Waals surface area contributed by atoms with Crippen LogP contribution in [-0.4, -0.2) is 27.9 Å². The quantitative estimate of drug-likeness (QED) is 0.775. The number of thiazole rings is 1. The van der Waals surface area contributed by atoms with Crippen LogP contribution in [0.2, 0.25) is 5.02 Å². The van der Waals surface area contributed by atoms with E-state index in [1.165, 1.54) is 23.7 Å². The molecule has 3 rings (SSSR count). The first-order valence-electron chi connectivity index (χ1n) is 6.03. The second kappa shape index (κ2) is 5.63. The van der Waals surface area contributed by atoms with Crippen LogP contribution in [0.1, 0.15) is 10.5 Å². The van der Waals surface area contributed by atoms with Crippen LogP contribution < -0.4 is 10.6 Å². The highest BCUT2D eigenvalue weighted by atomic mass is 35.5. The van der Waals surface area contributed by atoms with E-state index in [4.69, 9.17) is 11.6 Å². The van der Waals surface area contributed by atoms with Crippen LogP contribution in [0, 0.1) is 0 Å². The molecule has 2 heterocycles. The first-order valence-corrected chi connectivity index (χ1v) is 7.22. The zero-order valence-corrected chi connectivity index (χ0v) is 12.5. The van der Waals surface area contributed by atoms with Gasteiger partial charge in [0.2, 0.25) is 0 Å². The average Bonchev–Trinajstić information content (AvgIpc) is 2.88. The Labute approximate surface area is 129 Å². The molecule has 0 radical (unpaired) electrons. The van der Waals surface area contributed by atoms with E-state index in [1.807, 2.05) is 12.1 Å². The number of carbonyl (C=O) groups is 1. The fourth-order valence-corrected chi connectivity index (χ4v) is 2.82. The summed E-state index contributed by atoms with van der Waals surface area (Å²) in [5, 5.41) is 6.68. The molecule has 0 atom stereocenters. The topological polar surface area (TPSA) is 79.8 Å². The molecule has 0 aliphatic rings. The van der Waals surface area contributed by atoms with Crippen LogP contribution in [0.3, 0.4) is 0 Å². The van der Waals surface area contributed by atoms with Gasteiger partial charge in [-0.15, -0.1) is 0 Å². The Bertz CT molecular complexity index is 802. The van der Waals surface area contributed by atoms with Gasteiger partial charge < -0.3 is 5.32 Å². The highest BCUT2D eigenvalue weighted by molar-refractivity contribution is 7.22. The summed E-state index contributed by atoms with van der Waals surface area (Å²) in [6, 6.07) is 5.38. The molecule has 1 amide bonds. The molecule has 0 saturated heterocycles. The van der Waals surface area contributed by atoms with Gasteiger partial charge in [-0.1, -0.05) is 22.9 Å². The predicted octanol–water partition coefficient (Wildman–Crippen LogP) is 3.03. The van der Waals surface area contributed by atoms with Crippen LogP contribution in [-0.2, 0) is 0 Å². The smallest absolute Gasteiger partial charge is 0.277 e. The van der Waals surface area contributed by atoms with Gasteiger partial charge in [-0.05, 0) is 18.2 Å². The number of hydrogen-bond acceptors (Lipinski definition) is 6. The van der Waals surface area contributed by atoms with E-state index in [0.717, 1.165) is 10.2 Å². The molecule has 0 aliphatic carbocycles. The number of anilines is 2. The van der Waals surface area contributed by atoms with Crippen molar-refractivity contribution in [3.05, 3.63) is 41.3 Å². The zero-order valence-electron chi connectivity index (χ0n) is 10.9. The van der Waals surface area contributed by atoms with Crippen molar-refractivity contribution in [2.45, 2.75) is 0 Å². The summed E-state index contributed by atoms with van der Waals surface area (Å²) < 4.78 is 0.911. The Balaban J connectivity index is 1.81. The average molecular weight is 320 g/mol. The van der Waals surface area contributed by atoms with Crippen molar-refractivity contribution in [1.29, 1.82) is 0 Å². The van der Waals surface area contributed by atoms with E-state index >= 15 is 0 Å². The lowest BCUT2D eigenvalue weighted by Crippen LogP contribution is -2.14. The van der Waals surface area contributed by atoms with Crippen LogP contribution >= 0.6 is 22.9 Å². The summed E-state index contributed by atoms with van der Waals surface area (Å²) in [4.78, 5) is 24.5. The minimum absolute atomic E-state index is 0.228. The molecule has 0 saturated carbocycles. The molecule has 1 aromatic carbocycles. The summed E-state index contributed by atoms with van der Waals surface area (Å²) in [5.74, 6) is 0.247. The van der Waals surface area contributed by atoms with Gasteiger partial charge in [0.1, 0.15) is 11.5 Å². The Morgan fingerprint density at radius 2 is 2.14 bits per heavy atom. The first-order chi connectivity index (χ1) is 10.2. The van der Waals surface area contributed by atoms with Crippen molar-refractivity contribution in [1.82, 2.24) is 15.0 Å². The Morgan fingerprint density at radius 3 is 2.86 bits per heavy atom. The van der Waals surface area contributed by atoms with Gasteiger partial charge in [-0.2, -0.15) is 0 Å². The third kappa shape index (κ3) is 2.93. The lowest BCUT2D eigenvalue weighted by molar-refractivity contribution is 0.102. The number of benzene rings is 1. The van der Waals surface area contributed by atoms with E-state index in [2.05, 4.69) is 25.6 Å². The molecule has 0 bridgehead atoms. The molecule has 3 aromatic rings. The van der Waals surface area contributed by atoms with Crippen LogP contribution in [0.5, 0.6) is 0 Å². The van der Waals surface area contributed by atoms with Crippen molar-refractivity contribution in [2.24, 2.45) is 0 Å². The summed E-state index contributed by atoms with van der Waals surface area (Å²) in [5.41, 5.74) is 1.02. The molecule has 106 valence electrons. The van der Waals surface area contributed by atoms with Gasteiger partial charge >= 0.3 is 0 Å². The third-order valence-electron chi connectivity index (χ3n) is 2.71. The molecule has 0 unspecified atom stereocenters. The highest BCUT2D eigenvalue weighted by Crippen LogP contribution is 2.28. The molecule has 0 spiro atoms. The number of fused-ring (bicyclic) bond motifs is 1. The fourth-order valence-electron chi connectivity index (χ4n) is 1.69. The highest BCUT2D eigenvalue weighted by Gasteiger charge is 2.11. The van der Waals surface area contributed by atoms with Crippen molar-refractivity contribution in [3.63, 3.8) is 0 Å². The number of amides is 1. The van der Waals surface area contributed by atoms with Crippen LogP contribution in [0.4, 0.5) is 10.9 Å². The molecule has 2 N–H and O–H groups in total. The van der Waals surface area contributed by atoms with Gasteiger partial charge in [-0.25, -0.2) is 15.0 Å². The molecule has 0 fully saturated rings. The minimum atomic E-state index is -0.352. The normalized spacial score (nSPS) is 10.6. The van der Waals surface area contributed by atoms with E-state index in [0.29, 0.717) is 16.0 Å². The molecule has 8 heteroatoms. The largest absolute Gasteiger partial charge is 0.372 e. The molecular weight excluding hydrogens is 310 g/mol. The number of hydrogen-bond donors (Lipinski definition) is 2. The first kappa shape index (κ1) is 13.7. The van der Waals surface area contributed by atoms with E-state index in [-0.39, 0.29) is 11.6 Å². The SMILES string of the molecule is CNc1cnc(C(=O)Nc2nc3ccc(Cl)cc3s2)cn1. The Hall–Kier alpha value is -2.25. The van der Waals surface area contributed by atoms with Crippen molar-refractivity contribution >= 4 is 50.0 Å². The number of carbonyl (C=O) groups excluding carboxylic acids is 1. The number of rotatable bonds is 3. The van der Waals surface area contributed by atoms with Crippen molar-refractivity contribution in [2.75, 3.05) is 17.7 Å². The third-order valence-corrected chi connectivity index (χ3v) is 3.88. The lowest BCUT2D eigenvalue weighted by Gasteiger charge is -2.01. The summed E-state index contributed by atoms with van der Waals surface area (Å²) in [7, 11) is 1.73. The van der Waals surface area contributed by atoms with Crippen LogP contribution in [0.25, 0.3) is 10.2 Å². The monoisotopic (exact) mass is 319 g/mol. The molecule has 6 nitrogen and oxygen atoms in total. The maximum Gasteiger partial charge on any atom is 0.277 e. The number of nitrogens with zero attached hydrogens (tertiary/aromatic N) is 3. The van der Waals surface area contributed by atoms with Gasteiger partial charge in [0.25, 0.3) is 5.91 Å². The van der Waals surface area contributed by atoms with Crippen LogP contribution in [0.15, 0.2) is 30.6 Å². The minimum Gasteiger partial charge on any atom is -0.372 e. The van der Waals surface area contributed by atoms with Gasteiger partial charge in [0.15, 0.2) is 5.13 Å². The molecule has 2 aromatic heterocycles. The molecule has 0 aliphatic heterocycles. The van der Waals surface area contributed by atoms with Crippen molar-refractivity contribution < 1.29 is 4.79 Å². The maximum atomic E-state index is 12.1. The standard InChI is InChI=1S/C13H10ClN5OS/c1-15-11-6-16-9(5-17-11)12(20)19-13-18-8-3-2-7(14)4-10(8)21-13/h2-6H,1H3,(H,15,17)(H,18,19,20). The summed E-state index contributed by atoms with van der Waals surface area (Å²) >= 11 is 7.28. The van der Waals surface area contributed by atoms with Gasteiger partial charge in [0.05, 0.1) is 22.6 Å². The second-order valence-electron chi connectivity index (χ2n) is 4.12. The van der Waals surface area contributed by atoms with Crippen molar-refractivity contribution in [3.8, 4) is 0 Å². The fraction of sp³-hybridized carbons (Fsp3) is 0.0769. The number of aromatic nitrogens is 3. The second-order valence-corrected chi connectivity index (χ2v) is 5.59. The summed E-state index contributed by atoms with van der Waals surface area (Å²) in [6.07, 6.45) is 2.90. The van der Waals surface area contributed by atoms with E-state index < -0.39 is 0 Å². The molecule has 21 heavy (non-hydrogen) atoms. The maximum absolute atomic E-state index is 12.1. The Morgan fingerprint density at radius 1 is 1.29 bits per heavy atom. The number of nitrogens with one attached hydrogen (secondary N) is 2. The molecular formula is C13H10ClN5OS. The van der Waals surface area contributed by atoms with E-state index in [1.54, 1.807) is 13.1 Å². The Kier molecular flexibility index (Phi) is 3.68.